The number of halogens is 1. The Morgan fingerprint density at radius 3 is 2.82 bits per heavy atom. The number of benzene rings is 1. The van der Waals surface area contributed by atoms with Crippen LogP contribution in [-0.4, -0.2) is 11.6 Å². The molecule has 17 heavy (non-hydrogen) atoms. The minimum atomic E-state index is 0.822. The summed E-state index contributed by atoms with van der Waals surface area (Å²) in [5.74, 6) is 0. The maximum atomic E-state index is 6.22. The fraction of sp³-hybridized carbons (Fsp3) is 0.286. The molecule has 0 bridgehead atoms. The van der Waals surface area contributed by atoms with E-state index in [4.69, 9.17) is 11.6 Å². The minimum absolute atomic E-state index is 0.822. The zero-order valence-corrected chi connectivity index (χ0v) is 11.0. The van der Waals surface area contributed by atoms with Gasteiger partial charge in [-0.2, -0.15) is 0 Å². The van der Waals surface area contributed by atoms with Crippen LogP contribution in [0.25, 0.3) is 0 Å². The van der Waals surface area contributed by atoms with Gasteiger partial charge in [-0.25, -0.2) is 0 Å². The first-order valence-corrected chi connectivity index (χ1v) is 6.11. The van der Waals surface area contributed by atoms with Crippen molar-refractivity contribution < 1.29 is 0 Å². The van der Waals surface area contributed by atoms with E-state index in [1.54, 1.807) is 0 Å². The number of hydrogen-bond donors (Lipinski definition) is 1. The summed E-state index contributed by atoms with van der Waals surface area (Å²) in [7, 11) is 1.95. The van der Waals surface area contributed by atoms with Crippen LogP contribution in [0.4, 0.5) is 0 Å². The summed E-state index contributed by atoms with van der Waals surface area (Å²) in [5, 5.41) is 3.98. The highest BCUT2D eigenvalue weighted by Gasteiger charge is 2.02. The quantitative estimate of drug-likeness (QED) is 0.879. The molecule has 0 spiro atoms. The first-order chi connectivity index (χ1) is 8.19. The lowest BCUT2D eigenvalue weighted by Crippen LogP contribution is -2.04. The van der Waals surface area contributed by atoms with Gasteiger partial charge < -0.3 is 9.88 Å². The fourth-order valence-electron chi connectivity index (χ4n) is 1.87. The summed E-state index contributed by atoms with van der Waals surface area (Å²) in [4.78, 5) is 0. The molecule has 0 radical (unpaired) electrons. The number of aryl methyl sites for hydroxylation is 1. The number of rotatable bonds is 4. The number of nitrogens with one attached hydrogen (secondary N) is 1. The lowest BCUT2D eigenvalue weighted by atomic mass is 10.1. The van der Waals surface area contributed by atoms with Crippen molar-refractivity contribution in [1.82, 2.24) is 9.88 Å². The molecule has 90 valence electrons. The summed E-state index contributed by atoms with van der Waals surface area (Å²) >= 11 is 6.22. The van der Waals surface area contributed by atoms with Crippen molar-refractivity contribution in [2.45, 2.75) is 20.0 Å². The largest absolute Gasteiger partial charge is 0.350 e. The Kier molecular flexibility index (Phi) is 3.87. The van der Waals surface area contributed by atoms with Crippen LogP contribution in [-0.2, 0) is 13.1 Å². The Morgan fingerprint density at radius 2 is 2.12 bits per heavy atom. The average Bonchev–Trinajstić information content (AvgIpc) is 2.71. The molecule has 0 amide bonds. The van der Waals surface area contributed by atoms with Crippen LogP contribution in [0.15, 0.2) is 36.7 Å². The summed E-state index contributed by atoms with van der Waals surface area (Å²) < 4.78 is 2.16. The smallest absolute Gasteiger partial charge is 0.0485 e. The predicted molar refractivity (Wildman–Crippen MR) is 72.5 cm³/mol. The van der Waals surface area contributed by atoms with Crippen molar-refractivity contribution in [2.24, 2.45) is 0 Å². The normalized spacial score (nSPS) is 10.8. The monoisotopic (exact) mass is 248 g/mol. The fourth-order valence-corrected chi connectivity index (χ4v) is 2.17. The molecule has 3 heteroatoms. The molecule has 0 saturated carbocycles. The van der Waals surface area contributed by atoms with Gasteiger partial charge in [-0.1, -0.05) is 23.7 Å². The highest BCUT2D eigenvalue weighted by atomic mass is 35.5. The Labute approximate surface area is 107 Å². The maximum absolute atomic E-state index is 6.22. The van der Waals surface area contributed by atoms with Crippen molar-refractivity contribution in [3.63, 3.8) is 0 Å². The van der Waals surface area contributed by atoms with Gasteiger partial charge in [-0.15, -0.1) is 0 Å². The molecule has 2 rings (SSSR count). The first kappa shape index (κ1) is 12.2. The average molecular weight is 249 g/mol. The highest BCUT2D eigenvalue weighted by molar-refractivity contribution is 6.31. The molecule has 0 saturated heterocycles. The van der Waals surface area contributed by atoms with E-state index in [2.05, 4.69) is 47.4 Å². The second kappa shape index (κ2) is 5.39. The maximum Gasteiger partial charge on any atom is 0.0485 e. The van der Waals surface area contributed by atoms with Crippen LogP contribution < -0.4 is 5.32 Å². The van der Waals surface area contributed by atoms with Gasteiger partial charge in [0.05, 0.1) is 0 Å². The van der Waals surface area contributed by atoms with Crippen molar-refractivity contribution >= 4 is 11.6 Å². The molecule has 2 nitrogen and oxygen atoms in total. The first-order valence-electron chi connectivity index (χ1n) is 5.73. The number of nitrogens with zero attached hydrogens (tertiary/aromatic N) is 1. The Morgan fingerprint density at radius 1 is 1.29 bits per heavy atom. The third-order valence-corrected chi connectivity index (χ3v) is 3.11. The zero-order chi connectivity index (χ0) is 12.3. The van der Waals surface area contributed by atoms with E-state index in [1.807, 2.05) is 13.1 Å². The van der Waals surface area contributed by atoms with E-state index in [1.165, 1.54) is 11.1 Å². The highest BCUT2D eigenvalue weighted by Crippen LogP contribution is 2.19. The molecule has 0 aliphatic heterocycles. The molecule has 0 aliphatic carbocycles. The van der Waals surface area contributed by atoms with Crippen molar-refractivity contribution in [1.29, 1.82) is 0 Å². The summed E-state index contributed by atoms with van der Waals surface area (Å²) in [6, 6.07) is 8.32. The Hall–Kier alpha value is -1.25. The molecule has 0 unspecified atom stereocenters. The SMILES string of the molecule is CNCc1ccn(Cc2ccc(C)cc2Cl)c1. The van der Waals surface area contributed by atoms with Gasteiger partial charge in [0.25, 0.3) is 0 Å². The lowest BCUT2D eigenvalue weighted by molar-refractivity contribution is 0.782. The molecular formula is C14H17ClN2. The van der Waals surface area contributed by atoms with E-state index in [0.717, 1.165) is 23.7 Å². The summed E-state index contributed by atoms with van der Waals surface area (Å²) in [6.45, 7) is 3.77. The van der Waals surface area contributed by atoms with E-state index in [9.17, 15) is 0 Å². The van der Waals surface area contributed by atoms with Gasteiger partial charge in [-0.3, -0.25) is 0 Å². The molecule has 2 aromatic rings. The van der Waals surface area contributed by atoms with Crippen LogP contribution >= 0.6 is 11.6 Å². The molecular weight excluding hydrogens is 232 g/mol. The number of hydrogen-bond acceptors (Lipinski definition) is 1. The molecule has 0 atom stereocenters. The minimum Gasteiger partial charge on any atom is -0.350 e. The van der Waals surface area contributed by atoms with Gasteiger partial charge in [0, 0.05) is 30.5 Å². The lowest BCUT2D eigenvalue weighted by Gasteiger charge is -2.06. The number of aromatic nitrogens is 1. The van der Waals surface area contributed by atoms with Crippen LogP contribution in [0.2, 0.25) is 5.02 Å². The third-order valence-electron chi connectivity index (χ3n) is 2.75. The topological polar surface area (TPSA) is 17.0 Å². The second-order valence-electron chi connectivity index (χ2n) is 4.32. The molecule has 0 aliphatic rings. The second-order valence-corrected chi connectivity index (χ2v) is 4.72. The standard InChI is InChI=1S/C14H17ClN2/c1-11-3-4-13(14(15)7-11)10-17-6-5-12(9-17)8-16-2/h3-7,9,16H,8,10H2,1-2H3. The van der Waals surface area contributed by atoms with Crippen LogP contribution in [0, 0.1) is 6.92 Å². The molecule has 1 heterocycles. The van der Waals surface area contributed by atoms with Crippen molar-refractivity contribution in [3.05, 3.63) is 58.4 Å². The van der Waals surface area contributed by atoms with Gasteiger partial charge in [0.2, 0.25) is 0 Å². The molecule has 1 aromatic heterocycles. The Bertz CT molecular complexity index is 503. The predicted octanol–water partition coefficient (Wildman–Crippen LogP) is 3.22. The van der Waals surface area contributed by atoms with Gasteiger partial charge in [-0.05, 0) is 42.8 Å². The van der Waals surface area contributed by atoms with Crippen LogP contribution in [0.1, 0.15) is 16.7 Å². The third kappa shape index (κ3) is 3.11. The van der Waals surface area contributed by atoms with Gasteiger partial charge in [0.15, 0.2) is 0 Å². The van der Waals surface area contributed by atoms with Gasteiger partial charge in [0.1, 0.15) is 0 Å². The van der Waals surface area contributed by atoms with Crippen LogP contribution in [0.5, 0.6) is 0 Å². The van der Waals surface area contributed by atoms with E-state index in [-0.39, 0.29) is 0 Å². The summed E-state index contributed by atoms with van der Waals surface area (Å²) in [6.07, 6.45) is 4.23. The van der Waals surface area contributed by atoms with E-state index >= 15 is 0 Å². The molecule has 1 aromatic carbocycles. The molecule has 1 N–H and O–H groups in total. The summed E-state index contributed by atoms with van der Waals surface area (Å²) in [5.41, 5.74) is 3.64. The Balaban J connectivity index is 2.13. The van der Waals surface area contributed by atoms with Crippen LogP contribution in [0.3, 0.4) is 0 Å². The van der Waals surface area contributed by atoms with E-state index in [0.29, 0.717) is 0 Å². The van der Waals surface area contributed by atoms with E-state index < -0.39 is 0 Å². The van der Waals surface area contributed by atoms with Crippen molar-refractivity contribution in [2.75, 3.05) is 7.05 Å². The molecule has 0 fully saturated rings. The van der Waals surface area contributed by atoms with Gasteiger partial charge >= 0.3 is 0 Å². The zero-order valence-electron chi connectivity index (χ0n) is 10.2. The van der Waals surface area contributed by atoms with Crippen molar-refractivity contribution in [3.8, 4) is 0 Å².